The smallest absolute Gasteiger partial charge is 0.251 e. The molecule has 0 heterocycles. The van der Waals surface area contributed by atoms with Crippen LogP contribution in [0.3, 0.4) is 0 Å². The quantitative estimate of drug-likeness (QED) is 0.899. The maximum absolute atomic E-state index is 13.3. The first-order chi connectivity index (χ1) is 8.06. The van der Waals surface area contributed by atoms with E-state index in [1.807, 2.05) is 0 Å². The van der Waals surface area contributed by atoms with Crippen LogP contribution in [0.5, 0.6) is 0 Å². The predicted molar refractivity (Wildman–Crippen MR) is 65.2 cm³/mol. The van der Waals surface area contributed by atoms with Gasteiger partial charge in [-0.05, 0) is 53.4 Å². The maximum atomic E-state index is 13.3. The van der Waals surface area contributed by atoms with Crippen molar-refractivity contribution in [1.29, 1.82) is 0 Å². The third-order valence-corrected chi connectivity index (χ3v) is 3.82. The van der Waals surface area contributed by atoms with Crippen molar-refractivity contribution >= 4 is 21.8 Å². The fourth-order valence-electron chi connectivity index (χ4n) is 1.88. The van der Waals surface area contributed by atoms with Crippen LogP contribution in [0, 0.1) is 5.82 Å². The number of hydrogen-bond donors (Lipinski definition) is 2. The zero-order valence-corrected chi connectivity index (χ0v) is 10.8. The molecule has 2 N–H and O–H groups in total. The number of aliphatic hydroxyl groups is 1. The maximum Gasteiger partial charge on any atom is 0.251 e. The Morgan fingerprint density at radius 3 is 2.71 bits per heavy atom. The molecule has 1 aromatic rings. The van der Waals surface area contributed by atoms with Gasteiger partial charge in [0.2, 0.25) is 0 Å². The zero-order chi connectivity index (χ0) is 12.5. The van der Waals surface area contributed by atoms with Gasteiger partial charge in [-0.25, -0.2) is 4.39 Å². The van der Waals surface area contributed by atoms with E-state index in [2.05, 4.69) is 21.2 Å². The van der Waals surface area contributed by atoms with Crippen molar-refractivity contribution in [2.24, 2.45) is 0 Å². The van der Waals surface area contributed by atoms with Crippen LogP contribution in [0.2, 0.25) is 0 Å². The van der Waals surface area contributed by atoms with Crippen molar-refractivity contribution in [2.45, 2.75) is 24.8 Å². The molecule has 0 unspecified atom stereocenters. The van der Waals surface area contributed by atoms with Crippen molar-refractivity contribution in [3.05, 3.63) is 34.1 Å². The summed E-state index contributed by atoms with van der Waals surface area (Å²) >= 11 is 3.03. The Morgan fingerprint density at radius 1 is 1.53 bits per heavy atom. The van der Waals surface area contributed by atoms with Crippen LogP contribution in [-0.4, -0.2) is 23.2 Å². The van der Waals surface area contributed by atoms with Gasteiger partial charge in [-0.15, -0.1) is 0 Å². The first-order valence-corrected chi connectivity index (χ1v) is 6.24. The second-order valence-corrected chi connectivity index (χ2v) is 5.23. The summed E-state index contributed by atoms with van der Waals surface area (Å²) in [4.78, 5) is 11.9. The highest BCUT2D eigenvalue weighted by molar-refractivity contribution is 9.10. The van der Waals surface area contributed by atoms with Crippen molar-refractivity contribution < 1.29 is 14.3 Å². The second-order valence-electron chi connectivity index (χ2n) is 4.38. The molecule has 0 aromatic heterocycles. The van der Waals surface area contributed by atoms with Gasteiger partial charge in [0.15, 0.2) is 0 Å². The number of benzene rings is 1. The highest BCUT2D eigenvalue weighted by atomic mass is 79.9. The molecule has 92 valence electrons. The van der Waals surface area contributed by atoms with Gasteiger partial charge in [-0.2, -0.15) is 0 Å². The van der Waals surface area contributed by atoms with Gasteiger partial charge in [0.25, 0.3) is 5.91 Å². The lowest BCUT2D eigenvalue weighted by Crippen LogP contribution is -2.56. The molecule has 0 aliphatic heterocycles. The van der Waals surface area contributed by atoms with E-state index in [1.54, 1.807) is 6.07 Å². The van der Waals surface area contributed by atoms with Gasteiger partial charge in [0, 0.05) is 5.56 Å². The van der Waals surface area contributed by atoms with Crippen molar-refractivity contribution in [3.8, 4) is 0 Å². The van der Waals surface area contributed by atoms with Crippen LogP contribution in [0.25, 0.3) is 0 Å². The summed E-state index contributed by atoms with van der Waals surface area (Å²) in [6, 6.07) is 4.23. The number of rotatable bonds is 3. The molecule has 0 saturated heterocycles. The minimum Gasteiger partial charge on any atom is -0.394 e. The van der Waals surface area contributed by atoms with Crippen LogP contribution in [0.1, 0.15) is 29.6 Å². The molecular weight excluding hydrogens is 289 g/mol. The number of carbonyl (C=O) groups excluding carboxylic acids is 1. The lowest BCUT2D eigenvalue weighted by Gasteiger charge is -2.40. The van der Waals surface area contributed by atoms with Gasteiger partial charge < -0.3 is 10.4 Å². The Bertz CT molecular complexity index is 441. The summed E-state index contributed by atoms with van der Waals surface area (Å²) in [5.74, 6) is -0.811. The largest absolute Gasteiger partial charge is 0.394 e. The zero-order valence-electron chi connectivity index (χ0n) is 9.17. The summed E-state index contributed by atoms with van der Waals surface area (Å²) < 4.78 is 13.6. The van der Waals surface area contributed by atoms with E-state index in [0.717, 1.165) is 19.3 Å². The average molecular weight is 302 g/mol. The molecule has 1 aliphatic rings. The number of halogens is 2. The molecule has 1 amide bonds. The molecule has 3 nitrogen and oxygen atoms in total. The van der Waals surface area contributed by atoms with Crippen molar-refractivity contribution in [2.75, 3.05) is 6.61 Å². The summed E-state index contributed by atoms with van der Waals surface area (Å²) in [7, 11) is 0. The summed E-state index contributed by atoms with van der Waals surface area (Å²) in [6.45, 7) is -0.0717. The third kappa shape index (κ3) is 2.50. The van der Waals surface area contributed by atoms with Gasteiger partial charge >= 0.3 is 0 Å². The molecule has 0 bridgehead atoms. The molecule has 1 aliphatic carbocycles. The van der Waals surface area contributed by atoms with Crippen LogP contribution >= 0.6 is 15.9 Å². The number of amides is 1. The van der Waals surface area contributed by atoms with Gasteiger partial charge in [0.1, 0.15) is 5.82 Å². The minimum absolute atomic E-state index is 0.0717. The molecule has 0 spiro atoms. The van der Waals surface area contributed by atoms with E-state index < -0.39 is 11.4 Å². The third-order valence-electron chi connectivity index (χ3n) is 3.17. The van der Waals surface area contributed by atoms with E-state index in [1.165, 1.54) is 12.1 Å². The molecule has 0 atom stereocenters. The summed E-state index contributed by atoms with van der Waals surface area (Å²) in [5, 5.41) is 12.0. The lowest BCUT2D eigenvalue weighted by molar-refractivity contribution is 0.0641. The van der Waals surface area contributed by atoms with Gasteiger partial charge in [-0.1, -0.05) is 0 Å². The molecular formula is C12H13BrFNO2. The Hall–Kier alpha value is -0.940. The van der Waals surface area contributed by atoms with Crippen LogP contribution < -0.4 is 5.32 Å². The van der Waals surface area contributed by atoms with Crippen molar-refractivity contribution in [1.82, 2.24) is 5.32 Å². The first-order valence-electron chi connectivity index (χ1n) is 5.45. The Labute approximate surface area is 107 Å². The number of carbonyl (C=O) groups is 1. The van der Waals surface area contributed by atoms with E-state index in [-0.39, 0.29) is 18.1 Å². The lowest BCUT2D eigenvalue weighted by atomic mass is 9.77. The number of nitrogens with one attached hydrogen (secondary N) is 1. The molecule has 1 aromatic carbocycles. The van der Waals surface area contributed by atoms with Gasteiger partial charge in [-0.3, -0.25) is 4.79 Å². The highest BCUT2D eigenvalue weighted by Gasteiger charge is 2.37. The number of hydrogen-bond acceptors (Lipinski definition) is 2. The molecule has 2 rings (SSSR count). The van der Waals surface area contributed by atoms with Crippen LogP contribution in [0.15, 0.2) is 22.7 Å². The highest BCUT2D eigenvalue weighted by Crippen LogP contribution is 2.31. The predicted octanol–water partition coefficient (Wildman–Crippen LogP) is 2.23. The molecule has 17 heavy (non-hydrogen) atoms. The standard InChI is InChI=1S/C12H13BrFNO2/c13-9-3-2-8(6-10(9)14)11(17)15-12(7-16)4-1-5-12/h2-3,6,16H,1,4-5,7H2,(H,15,17). The van der Waals surface area contributed by atoms with Gasteiger partial charge in [0.05, 0.1) is 16.6 Å². The Balaban J connectivity index is 2.11. The molecule has 1 fully saturated rings. The molecule has 1 saturated carbocycles. The summed E-state index contributed by atoms with van der Waals surface area (Å²) in [6.07, 6.45) is 2.54. The van der Waals surface area contributed by atoms with Crippen molar-refractivity contribution in [3.63, 3.8) is 0 Å². The second kappa shape index (κ2) is 4.74. The fourth-order valence-corrected chi connectivity index (χ4v) is 2.12. The van der Waals surface area contributed by atoms with E-state index in [4.69, 9.17) is 0 Å². The van der Waals surface area contributed by atoms with Crippen LogP contribution in [-0.2, 0) is 0 Å². The average Bonchev–Trinajstić information content (AvgIpc) is 2.27. The van der Waals surface area contributed by atoms with Crippen LogP contribution in [0.4, 0.5) is 4.39 Å². The minimum atomic E-state index is -0.499. The van der Waals surface area contributed by atoms with E-state index in [9.17, 15) is 14.3 Å². The van der Waals surface area contributed by atoms with E-state index in [0.29, 0.717) is 4.47 Å². The van der Waals surface area contributed by atoms with E-state index >= 15 is 0 Å². The Kier molecular flexibility index (Phi) is 3.49. The SMILES string of the molecule is O=C(NC1(CO)CCC1)c1ccc(Br)c(F)c1. The fraction of sp³-hybridized carbons (Fsp3) is 0.417. The normalized spacial score (nSPS) is 17.4. The monoisotopic (exact) mass is 301 g/mol. The molecule has 5 heteroatoms. The first kappa shape index (κ1) is 12.5. The molecule has 0 radical (unpaired) electrons. The number of aliphatic hydroxyl groups excluding tert-OH is 1. The summed E-state index contributed by atoms with van der Waals surface area (Å²) in [5.41, 5.74) is -0.230. The topological polar surface area (TPSA) is 49.3 Å². The Morgan fingerprint density at radius 2 is 2.24 bits per heavy atom.